The number of nitriles is 1. The van der Waals surface area contributed by atoms with Gasteiger partial charge in [0.25, 0.3) is 11.8 Å². The zero-order valence-corrected chi connectivity index (χ0v) is 22.9. The summed E-state index contributed by atoms with van der Waals surface area (Å²) in [4.78, 5) is 37.9. The van der Waals surface area contributed by atoms with Gasteiger partial charge in [-0.15, -0.1) is 0 Å². The van der Waals surface area contributed by atoms with Gasteiger partial charge in [-0.25, -0.2) is 9.79 Å². The molecule has 4 aromatic rings. The third kappa shape index (κ3) is 5.57. The molecule has 14 heteroatoms. The number of guanidine groups is 1. The number of ether oxygens (including phenoxy) is 3. The number of carboxylic acids is 1. The number of nitrogens with zero attached hydrogens (tertiary/aromatic N) is 4. The van der Waals surface area contributed by atoms with Crippen LogP contribution >= 0.6 is 0 Å². The lowest BCUT2D eigenvalue weighted by molar-refractivity contribution is -0.124. The molecule has 0 saturated carbocycles. The summed E-state index contributed by atoms with van der Waals surface area (Å²) in [5, 5.41) is 25.2. The van der Waals surface area contributed by atoms with Crippen LogP contribution in [0.25, 0.3) is 0 Å². The van der Waals surface area contributed by atoms with Crippen LogP contribution in [0.1, 0.15) is 33.8 Å². The lowest BCUT2D eigenvalue weighted by atomic mass is 9.94. The molecule has 0 radical (unpaired) electrons. The van der Waals surface area contributed by atoms with E-state index in [1.165, 1.54) is 18.2 Å². The fourth-order valence-corrected chi connectivity index (χ4v) is 4.92. The van der Waals surface area contributed by atoms with Crippen LogP contribution in [0.4, 0.5) is 17.1 Å². The molecule has 14 nitrogen and oxygen atoms in total. The average Bonchev–Trinajstić information content (AvgIpc) is 3.41. The van der Waals surface area contributed by atoms with E-state index >= 15 is 0 Å². The molecule has 6 rings (SSSR count). The summed E-state index contributed by atoms with van der Waals surface area (Å²) in [7, 11) is 0. The largest absolute Gasteiger partial charge is 0.478 e. The number of rotatable bonds is 8. The minimum Gasteiger partial charge on any atom is -0.478 e. The summed E-state index contributed by atoms with van der Waals surface area (Å²) in [6.45, 7) is 0.626. The summed E-state index contributed by atoms with van der Waals surface area (Å²) >= 11 is 0. The SMILES string of the molecule is N#Cc1ccc(C(=O)O)c(Oc2nc(Oc3ccccc3N=C(N)N)nc3c2NC(=O)C(CC2CNc4ccccc42)O3)c1. The van der Waals surface area contributed by atoms with Gasteiger partial charge in [-0.3, -0.25) is 4.79 Å². The van der Waals surface area contributed by atoms with Crippen molar-refractivity contribution in [1.82, 2.24) is 9.97 Å². The maximum Gasteiger partial charge on any atom is 0.339 e. The highest BCUT2D eigenvalue weighted by atomic mass is 16.5. The lowest BCUT2D eigenvalue weighted by Gasteiger charge is -2.27. The molecule has 2 unspecified atom stereocenters. The first kappa shape index (κ1) is 27.8. The molecule has 0 aliphatic carbocycles. The fourth-order valence-electron chi connectivity index (χ4n) is 4.92. The highest BCUT2D eigenvalue weighted by Crippen LogP contribution is 2.43. The molecule has 0 bridgehead atoms. The molecule has 2 aliphatic rings. The number of hydrogen-bond acceptors (Lipinski definition) is 10. The Morgan fingerprint density at radius 2 is 1.89 bits per heavy atom. The van der Waals surface area contributed by atoms with Crippen LogP contribution < -0.4 is 36.3 Å². The summed E-state index contributed by atoms with van der Waals surface area (Å²) in [6, 6.07) is 19.9. The number of carboxylic acid groups (broad SMARTS) is 1. The van der Waals surface area contributed by atoms with Gasteiger partial charge in [0, 0.05) is 24.6 Å². The Balaban J connectivity index is 1.39. The van der Waals surface area contributed by atoms with Crippen molar-refractivity contribution in [2.75, 3.05) is 17.2 Å². The standard InChI is InChI=1S/C30H24N8O6/c31-13-15-9-10-18(28(40)41)22(11-15)42-26-24-27(38-30(37-26)44-21-8-4-3-7-20(21)35-29(32)33)43-23(25(39)36-24)12-16-14-34-19-6-2-1-5-17(16)19/h1-11,16,23,34H,12,14H2,(H,36,39)(H,40,41)(H4,32,33,35). The zero-order valence-electron chi connectivity index (χ0n) is 22.9. The number of aromatic nitrogens is 2. The predicted molar refractivity (Wildman–Crippen MR) is 158 cm³/mol. The molecule has 3 aromatic carbocycles. The molecule has 0 spiro atoms. The molecule has 3 heterocycles. The Morgan fingerprint density at radius 3 is 2.68 bits per heavy atom. The summed E-state index contributed by atoms with van der Waals surface area (Å²) < 4.78 is 17.9. The Labute approximate surface area is 249 Å². The van der Waals surface area contributed by atoms with E-state index in [-0.39, 0.29) is 63.6 Å². The monoisotopic (exact) mass is 592 g/mol. The third-order valence-corrected chi connectivity index (χ3v) is 6.92. The molecule has 1 amide bonds. The van der Waals surface area contributed by atoms with Gasteiger partial charge in [0.05, 0.1) is 11.6 Å². The number of para-hydroxylation sites is 3. The molecule has 1 aromatic heterocycles. The lowest BCUT2D eigenvalue weighted by Crippen LogP contribution is -2.39. The normalized spacial score (nSPS) is 16.2. The van der Waals surface area contributed by atoms with E-state index in [2.05, 4.69) is 25.6 Å². The van der Waals surface area contributed by atoms with Crippen LogP contribution in [0.15, 0.2) is 71.7 Å². The molecule has 44 heavy (non-hydrogen) atoms. The number of anilines is 2. The van der Waals surface area contributed by atoms with Crippen molar-refractivity contribution in [3.63, 3.8) is 0 Å². The number of carbonyl (C=O) groups excluding carboxylic acids is 1. The van der Waals surface area contributed by atoms with Gasteiger partial charge < -0.3 is 41.4 Å². The number of nitrogens with one attached hydrogen (secondary N) is 2. The number of hydrogen-bond donors (Lipinski definition) is 5. The van der Waals surface area contributed by atoms with E-state index in [0.717, 1.165) is 11.3 Å². The van der Waals surface area contributed by atoms with Crippen LogP contribution in [0, 0.1) is 11.3 Å². The van der Waals surface area contributed by atoms with Crippen LogP contribution in [0.5, 0.6) is 29.3 Å². The second-order valence-corrected chi connectivity index (χ2v) is 9.82. The van der Waals surface area contributed by atoms with Crippen LogP contribution in [0.3, 0.4) is 0 Å². The van der Waals surface area contributed by atoms with Crippen molar-refractivity contribution in [2.24, 2.45) is 16.5 Å². The van der Waals surface area contributed by atoms with E-state index in [1.807, 2.05) is 30.3 Å². The molecule has 0 fully saturated rings. The number of aliphatic imine (C=N–C) groups is 1. The van der Waals surface area contributed by atoms with Gasteiger partial charge in [0.1, 0.15) is 17.0 Å². The van der Waals surface area contributed by atoms with Crippen molar-refractivity contribution >= 4 is 34.9 Å². The van der Waals surface area contributed by atoms with Crippen molar-refractivity contribution in [3.8, 4) is 35.3 Å². The Bertz CT molecular complexity index is 1870. The zero-order chi connectivity index (χ0) is 30.8. The number of nitrogens with two attached hydrogens (primary N) is 2. The van der Waals surface area contributed by atoms with Crippen LogP contribution in [-0.4, -0.2) is 45.6 Å². The first-order chi connectivity index (χ1) is 21.3. The van der Waals surface area contributed by atoms with Crippen molar-refractivity contribution in [3.05, 3.63) is 83.4 Å². The second kappa shape index (κ2) is 11.5. The topological polar surface area (TPSA) is 220 Å². The smallest absolute Gasteiger partial charge is 0.339 e. The fraction of sp³-hybridized carbons (Fsp3) is 0.133. The van der Waals surface area contributed by atoms with Gasteiger partial charge in [-0.1, -0.05) is 30.3 Å². The Kier molecular flexibility index (Phi) is 7.26. The van der Waals surface area contributed by atoms with Gasteiger partial charge in [0.2, 0.25) is 5.88 Å². The van der Waals surface area contributed by atoms with E-state index < -0.39 is 18.0 Å². The molecule has 0 saturated heterocycles. The average molecular weight is 593 g/mol. The first-order valence-electron chi connectivity index (χ1n) is 13.3. The van der Waals surface area contributed by atoms with Gasteiger partial charge in [-0.05, 0) is 42.0 Å². The van der Waals surface area contributed by atoms with Gasteiger partial charge in [-0.2, -0.15) is 15.2 Å². The molecular formula is C30H24N8O6. The molecular weight excluding hydrogens is 568 g/mol. The highest BCUT2D eigenvalue weighted by molar-refractivity contribution is 5.99. The summed E-state index contributed by atoms with van der Waals surface area (Å²) in [5.74, 6) is -2.33. The van der Waals surface area contributed by atoms with Gasteiger partial charge >= 0.3 is 12.0 Å². The minimum atomic E-state index is -1.30. The molecule has 2 atom stereocenters. The number of amides is 1. The highest BCUT2D eigenvalue weighted by Gasteiger charge is 2.36. The maximum atomic E-state index is 13.3. The van der Waals surface area contributed by atoms with Crippen molar-refractivity contribution < 1.29 is 28.9 Å². The maximum absolute atomic E-state index is 13.3. The van der Waals surface area contributed by atoms with E-state index in [4.69, 9.17) is 25.7 Å². The van der Waals surface area contributed by atoms with E-state index in [9.17, 15) is 20.0 Å². The van der Waals surface area contributed by atoms with Gasteiger partial charge in [0.15, 0.2) is 23.5 Å². The molecule has 2 aliphatic heterocycles. The first-order valence-corrected chi connectivity index (χ1v) is 13.3. The number of fused-ring (bicyclic) bond motifs is 2. The van der Waals surface area contributed by atoms with Crippen LogP contribution in [0.2, 0.25) is 0 Å². The summed E-state index contributed by atoms with van der Waals surface area (Å²) in [6.07, 6.45) is -0.590. The van der Waals surface area contributed by atoms with E-state index in [1.54, 1.807) is 24.3 Å². The number of benzene rings is 3. The van der Waals surface area contributed by atoms with Crippen LogP contribution in [-0.2, 0) is 4.79 Å². The van der Waals surface area contributed by atoms with Crippen molar-refractivity contribution in [1.29, 1.82) is 5.26 Å². The number of carbonyl (C=O) groups is 2. The summed E-state index contributed by atoms with van der Waals surface area (Å²) in [5.41, 5.74) is 13.3. The van der Waals surface area contributed by atoms with Crippen molar-refractivity contribution in [2.45, 2.75) is 18.4 Å². The molecule has 7 N–H and O–H groups in total. The quantitative estimate of drug-likeness (QED) is 0.145. The van der Waals surface area contributed by atoms with E-state index in [0.29, 0.717) is 13.0 Å². The Hall–Kier alpha value is -6.36. The second-order valence-electron chi connectivity index (χ2n) is 9.82. The Morgan fingerprint density at radius 1 is 1.09 bits per heavy atom. The molecule has 220 valence electrons. The third-order valence-electron chi connectivity index (χ3n) is 6.92. The predicted octanol–water partition coefficient (Wildman–Crippen LogP) is 3.83. The minimum absolute atomic E-state index is 0.00455. The number of aromatic carboxylic acids is 1.